The summed E-state index contributed by atoms with van der Waals surface area (Å²) in [5, 5.41) is 44.4. The van der Waals surface area contributed by atoms with Crippen molar-refractivity contribution in [1.82, 2.24) is 30.7 Å². The van der Waals surface area contributed by atoms with E-state index in [9.17, 15) is 63.6 Å². The highest BCUT2D eigenvalue weighted by Gasteiger charge is 2.67. The molecular weight excluding hydrogens is 995 g/mol. The second-order valence-electron chi connectivity index (χ2n) is 20.4. The Bertz CT molecular complexity index is 2530. The highest BCUT2D eigenvalue weighted by molar-refractivity contribution is 8.02. The average molecular weight is 1060 g/mol. The summed E-state index contributed by atoms with van der Waals surface area (Å²) in [7, 11) is 0. The van der Waals surface area contributed by atoms with Gasteiger partial charge in [0.05, 0.1) is 5.54 Å². The van der Waals surface area contributed by atoms with E-state index in [0.717, 1.165) is 19.3 Å². The molecule has 22 nitrogen and oxygen atoms in total. The van der Waals surface area contributed by atoms with Crippen LogP contribution in [0.5, 0.6) is 5.75 Å². The van der Waals surface area contributed by atoms with E-state index in [2.05, 4.69) is 16.0 Å². The molecular formula is C47H61N9O13S3. The van der Waals surface area contributed by atoms with Crippen molar-refractivity contribution in [1.29, 1.82) is 0 Å². The lowest BCUT2D eigenvalue weighted by molar-refractivity contribution is -0.161. The minimum absolute atomic E-state index is 0.0606. The summed E-state index contributed by atoms with van der Waals surface area (Å²) in [5.74, 6) is -5.41. The molecule has 7 fully saturated rings. The number of β-lactam (4-membered cyclic amide) rings is 3. The van der Waals surface area contributed by atoms with Crippen LogP contribution in [-0.4, -0.2) is 161 Å². The zero-order chi connectivity index (χ0) is 53.2. The molecule has 390 valence electrons. The normalized spacial score (nSPS) is 30.3. The highest BCUT2D eigenvalue weighted by Crippen LogP contribution is 2.53. The number of carboxylic acid groups (broad SMARTS) is 3. The standard InChI is InChI=1S/C16H19N3O5S.C16H19N3O4S.C15H23N3O4S/c1-16(2)11(15(23)24)19-13(22)10(14(19)25-16)18-12(21)9(17)7-3-5-8(20)6-4-7;1-16(2)11(15(22)23)19-13(21)10(14(19)24-16)18-12(20)9(17)8-6-4-3-5-7-8;1-14(2)9(12(20)21)18-10(19)8(11(18)23-14)17-13(22)15(16)6-4-3-5-7-15/h3-6,9-11,14,20H,17H2,1-2H3,(H,18,21)(H,23,24);3-7,9-11,14H,17H2,1-2H3,(H,18,20)(H,22,23);8-9,11H,3-7,16H2,1-2H3,(H,17,22)(H,20,21)/t2*9-,10-,11+,14-;8-,9+,11-/m111/s1. The van der Waals surface area contributed by atoms with Crippen LogP contribution in [0.1, 0.15) is 96.9 Å². The summed E-state index contributed by atoms with van der Waals surface area (Å²) in [5.41, 5.74) is 18.3. The van der Waals surface area contributed by atoms with E-state index in [0.29, 0.717) is 24.0 Å². The number of hydrogen-bond donors (Lipinski definition) is 10. The highest BCUT2D eigenvalue weighted by atomic mass is 32.2. The van der Waals surface area contributed by atoms with Gasteiger partial charge in [-0.05, 0) is 77.6 Å². The van der Waals surface area contributed by atoms with Crippen LogP contribution in [0.15, 0.2) is 54.6 Å². The second kappa shape index (κ2) is 20.0. The Hall–Kier alpha value is -5.60. The number of carboxylic acids is 3. The van der Waals surface area contributed by atoms with Gasteiger partial charge >= 0.3 is 17.9 Å². The number of phenols is 1. The fraction of sp³-hybridized carbons (Fsp3) is 0.553. The van der Waals surface area contributed by atoms with Crippen LogP contribution in [0.4, 0.5) is 0 Å². The lowest BCUT2D eigenvalue weighted by Gasteiger charge is -2.45. The topological polar surface area (TPSA) is 358 Å². The number of hydrogen-bond acceptors (Lipinski definition) is 16. The predicted octanol–water partition coefficient (Wildman–Crippen LogP) is 0.622. The van der Waals surface area contributed by atoms with E-state index in [4.69, 9.17) is 17.2 Å². The van der Waals surface area contributed by atoms with Crippen LogP contribution < -0.4 is 33.2 Å². The number of aromatic hydroxyl groups is 1. The molecule has 6 amide bonds. The number of nitrogens with two attached hydrogens (primary N) is 3. The number of thioether (sulfide) groups is 3. The van der Waals surface area contributed by atoms with Crippen molar-refractivity contribution in [3.05, 3.63) is 65.7 Å². The number of fused-ring (bicyclic) bond motifs is 3. The van der Waals surface area contributed by atoms with E-state index in [-0.39, 0.29) is 34.2 Å². The third-order valence-corrected chi connectivity index (χ3v) is 18.8. The maximum Gasteiger partial charge on any atom is 0.327 e. The molecule has 11 atom stereocenters. The van der Waals surface area contributed by atoms with Gasteiger partial charge in [0.1, 0.15) is 70.2 Å². The first kappa shape index (κ1) is 54.2. The van der Waals surface area contributed by atoms with Gasteiger partial charge in [0, 0.05) is 14.2 Å². The molecule has 9 rings (SSSR count). The molecule has 6 aliphatic heterocycles. The minimum Gasteiger partial charge on any atom is -0.508 e. The molecule has 0 radical (unpaired) electrons. The van der Waals surface area contributed by atoms with Gasteiger partial charge in [0.2, 0.25) is 35.4 Å². The number of phenolic OH excluding ortho intramolecular Hbond substituents is 1. The number of carbonyl (C=O) groups is 9. The number of rotatable bonds is 11. The van der Waals surface area contributed by atoms with Gasteiger partial charge in [0.25, 0.3) is 0 Å². The van der Waals surface area contributed by atoms with E-state index in [1.54, 1.807) is 52.0 Å². The quantitative estimate of drug-likeness (QED) is 0.138. The van der Waals surface area contributed by atoms with Gasteiger partial charge in [-0.3, -0.25) is 28.8 Å². The Kier molecular flexibility index (Phi) is 15.1. The van der Waals surface area contributed by atoms with Crippen LogP contribution in [0.2, 0.25) is 0 Å². The van der Waals surface area contributed by atoms with Gasteiger partial charge in [-0.1, -0.05) is 61.7 Å². The van der Waals surface area contributed by atoms with Gasteiger partial charge in [-0.2, -0.15) is 0 Å². The maximum absolute atomic E-state index is 12.5. The Labute approximate surface area is 427 Å². The van der Waals surface area contributed by atoms with Gasteiger partial charge in [0.15, 0.2) is 0 Å². The van der Waals surface area contributed by atoms with Crippen molar-refractivity contribution in [3.63, 3.8) is 0 Å². The second-order valence-corrected chi connectivity index (χ2v) is 25.7. The lowest BCUT2D eigenvalue weighted by Crippen LogP contribution is -2.72. The van der Waals surface area contributed by atoms with E-state index in [1.165, 1.54) is 74.3 Å². The Morgan fingerprint density at radius 2 is 0.889 bits per heavy atom. The fourth-order valence-corrected chi connectivity index (χ4v) is 15.1. The van der Waals surface area contributed by atoms with Crippen molar-refractivity contribution in [2.24, 2.45) is 17.2 Å². The monoisotopic (exact) mass is 1060 g/mol. The van der Waals surface area contributed by atoms with Crippen molar-refractivity contribution >= 4 is 88.6 Å². The molecule has 0 spiro atoms. The number of nitrogens with one attached hydrogen (secondary N) is 3. The van der Waals surface area contributed by atoms with Crippen molar-refractivity contribution < 1.29 is 63.6 Å². The first-order valence-corrected chi connectivity index (χ1v) is 25.9. The molecule has 2 aromatic rings. The summed E-state index contributed by atoms with van der Waals surface area (Å²) in [6.45, 7) is 10.7. The van der Waals surface area contributed by atoms with Crippen LogP contribution in [-0.2, 0) is 43.2 Å². The molecule has 1 saturated carbocycles. The van der Waals surface area contributed by atoms with E-state index >= 15 is 0 Å². The first-order valence-electron chi connectivity index (χ1n) is 23.3. The van der Waals surface area contributed by atoms with Crippen LogP contribution >= 0.6 is 35.3 Å². The molecule has 6 saturated heterocycles. The molecule has 2 aromatic carbocycles. The first-order chi connectivity index (χ1) is 33.5. The molecule has 25 heteroatoms. The van der Waals surface area contributed by atoms with Gasteiger partial charge < -0.3 is 68.3 Å². The molecule has 13 N–H and O–H groups in total. The summed E-state index contributed by atoms with van der Waals surface area (Å²) >= 11 is 4.16. The summed E-state index contributed by atoms with van der Waals surface area (Å²) < 4.78 is -1.85. The van der Waals surface area contributed by atoms with Gasteiger partial charge in [-0.25, -0.2) is 14.4 Å². The fourth-order valence-electron chi connectivity index (χ4n) is 10.3. The minimum atomic E-state index is -1.06. The molecule has 0 bridgehead atoms. The van der Waals surface area contributed by atoms with E-state index < -0.39 is 109 Å². The summed E-state index contributed by atoms with van der Waals surface area (Å²) in [6, 6.07) is 8.05. The van der Waals surface area contributed by atoms with Gasteiger partial charge in [-0.15, -0.1) is 35.3 Å². The van der Waals surface area contributed by atoms with Crippen molar-refractivity contribution in [2.45, 2.75) is 158 Å². The number of nitrogens with zero attached hydrogens (tertiary/aromatic N) is 3. The SMILES string of the molecule is CC1(C)S[C@@H]2[C@H](NC(=O)C3(N)CCCCC3)C(=O)N2[C@H]1C(=O)O.CC1(C)S[C@@H]2[C@H](NC(=O)[C@H](N)c3ccc(O)cc3)C(=O)N2[C@H]1C(=O)O.CC1(C)S[C@@H]2[C@H](NC(=O)[C@H](N)c3ccccc3)C(=O)N2[C@H]1C(=O)O. The molecule has 7 aliphatic rings. The molecule has 0 aromatic heterocycles. The third-order valence-electron chi connectivity index (χ3n) is 14.1. The zero-order valence-electron chi connectivity index (χ0n) is 40.3. The molecule has 72 heavy (non-hydrogen) atoms. The molecule has 6 heterocycles. The Balaban J connectivity index is 0.000000159. The summed E-state index contributed by atoms with van der Waals surface area (Å²) in [6.07, 6.45) is 4.17. The van der Waals surface area contributed by atoms with Crippen molar-refractivity contribution in [3.8, 4) is 5.75 Å². The number of amides is 6. The molecule has 1 aliphatic carbocycles. The van der Waals surface area contributed by atoms with E-state index in [1.807, 2.05) is 19.9 Å². The Morgan fingerprint density at radius 1 is 0.556 bits per heavy atom. The van der Waals surface area contributed by atoms with Crippen LogP contribution in [0.25, 0.3) is 0 Å². The van der Waals surface area contributed by atoms with Crippen LogP contribution in [0, 0.1) is 0 Å². The lowest BCUT2D eigenvalue weighted by atomic mass is 9.81. The zero-order valence-corrected chi connectivity index (χ0v) is 42.8. The largest absolute Gasteiger partial charge is 0.508 e. The molecule has 0 unspecified atom stereocenters. The number of aliphatic carboxylic acids is 3. The smallest absolute Gasteiger partial charge is 0.327 e. The summed E-state index contributed by atoms with van der Waals surface area (Å²) in [4.78, 5) is 113. The van der Waals surface area contributed by atoms with Crippen LogP contribution in [0.3, 0.4) is 0 Å². The van der Waals surface area contributed by atoms with Crippen molar-refractivity contribution in [2.75, 3.05) is 0 Å². The maximum atomic E-state index is 12.5. The number of carbonyl (C=O) groups excluding carboxylic acids is 6. The third kappa shape index (κ3) is 9.94. The average Bonchev–Trinajstić information content (AvgIpc) is 3.85. The predicted molar refractivity (Wildman–Crippen MR) is 265 cm³/mol. The number of benzene rings is 2. The Morgan fingerprint density at radius 3 is 1.24 bits per heavy atom.